The highest BCUT2D eigenvalue weighted by molar-refractivity contribution is 5.08. The molecule has 0 aliphatic heterocycles. The molecule has 2 atom stereocenters. The van der Waals surface area contributed by atoms with Crippen molar-refractivity contribution >= 4 is 0 Å². The van der Waals surface area contributed by atoms with Gasteiger partial charge in [0.15, 0.2) is 0 Å². The highest BCUT2D eigenvalue weighted by Crippen LogP contribution is 2.53. The molecule has 2 rings (SSSR count). The van der Waals surface area contributed by atoms with Crippen molar-refractivity contribution in [1.82, 2.24) is 0 Å². The van der Waals surface area contributed by atoms with E-state index in [0.29, 0.717) is 11.3 Å². The molecule has 1 spiro atoms. The smallest absolute Gasteiger partial charge is 0.0282 e. The number of hydrogen-bond donors (Lipinski definition) is 0. The van der Waals surface area contributed by atoms with Crippen molar-refractivity contribution in [2.45, 2.75) is 51.9 Å². The normalized spacial score (nSPS) is 37.5. The quantitative estimate of drug-likeness (QED) is 0.494. The van der Waals surface area contributed by atoms with Crippen molar-refractivity contribution in [3.05, 3.63) is 0 Å². The van der Waals surface area contributed by atoms with Crippen LogP contribution in [0.15, 0.2) is 0 Å². The van der Waals surface area contributed by atoms with Gasteiger partial charge in [-0.25, -0.2) is 0 Å². The number of rotatable bonds is 0. The average Bonchev–Trinajstić information content (AvgIpc) is 2.54. The molecule has 2 aliphatic carbocycles. The van der Waals surface area contributed by atoms with Gasteiger partial charge in [0.25, 0.3) is 0 Å². The molecule has 0 nitrogen and oxygen atoms in total. The fourth-order valence-electron chi connectivity index (χ4n) is 3.68. The van der Waals surface area contributed by atoms with Crippen LogP contribution in [0, 0.1) is 29.6 Å². The first kappa shape index (κ1) is 9.13. The van der Waals surface area contributed by atoms with Gasteiger partial charge in [0.2, 0.25) is 0 Å². The van der Waals surface area contributed by atoms with E-state index < -0.39 is 0 Å². The van der Waals surface area contributed by atoms with Gasteiger partial charge in [-0.1, -0.05) is 26.2 Å². The van der Waals surface area contributed by atoms with Crippen LogP contribution < -0.4 is 0 Å². The summed E-state index contributed by atoms with van der Waals surface area (Å²) < 4.78 is 0. The Hall–Kier alpha value is -0.440. The third-order valence-electron chi connectivity index (χ3n) is 4.34. The van der Waals surface area contributed by atoms with E-state index in [1.165, 1.54) is 44.9 Å². The zero-order valence-electron chi connectivity index (χ0n) is 8.68. The predicted molar refractivity (Wildman–Crippen MR) is 56.2 cm³/mol. The van der Waals surface area contributed by atoms with Crippen molar-refractivity contribution in [1.29, 1.82) is 0 Å². The molecule has 0 aromatic heterocycles. The Kier molecular flexibility index (Phi) is 2.37. The molecule has 0 amide bonds. The summed E-state index contributed by atoms with van der Waals surface area (Å²) in [4.78, 5) is 0. The molecular formula is C13H20. The topological polar surface area (TPSA) is 0 Å². The average molecular weight is 176 g/mol. The second-order valence-corrected chi connectivity index (χ2v) is 5.08. The van der Waals surface area contributed by atoms with Crippen molar-refractivity contribution in [2.75, 3.05) is 0 Å². The summed E-state index contributed by atoms with van der Waals surface area (Å²) in [5, 5.41) is 0. The fraction of sp³-hybridized carbons (Fsp3) is 0.846. The minimum Gasteiger partial charge on any atom is -0.120 e. The third-order valence-corrected chi connectivity index (χ3v) is 4.34. The van der Waals surface area contributed by atoms with E-state index in [4.69, 9.17) is 6.42 Å². The first-order valence-corrected chi connectivity index (χ1v) is 5.75. The summed E-state index contributed by atoms with van der Waals surface area (Å²) in [6.07, 6.45) is 15.5. The Morgan fingerprint density at radius 1 is 1.15 bits per heavy atom. The van der Waals surface area contributed by atoms with Gasteiger partial charge in [-0.05, 0) is 37.0 Å². The van der Waals surface area contributed by atoms with Crippen LogP contribution in [-0.4, -0.2) is 0 Å². The van der Waals surface area contributed by atoms with E-state index in [-0.39, 0.29) is 0 Å². The largest absolute Gasteiger partial charge is 0.120 e. The van der Waals surface area contributed by atoms with E-state index in [0.717, 1.165) is 5.92 Å². The van der Waals surface area contributed by atoms with Crippen LogP contribution >= 0.6 is 0 Å². The maximum Gasteiger partial charge on any atom is 0.0282 e. The van der Waals surface area contributed by atoms with E-state index >= 15 is 0 Å². The van der Waals surface area contributed by atoms with E-state index in [1.54, 1.807) is 0 Å². The van der Waals surface area contributed by atoms with Crippen LogP contribution in [-0.2, 0) is 0 Å². The maximum absolute atomic E-state index is 5.70. The van der Waals surface area contributed by atoms with Gasteiger partial charge in [-0.3, -0.25) is 0 Å². The second kappa shape index (κ2) is 3.37. The molecular weight excluding hydrogens is 156 g/mol. The van der Waals surface area contributed by atoms with Crippen LogP contribution in [0.5, 0.6) is 0 Å². The summed E-state index contributed by atoms with van der Waals surface area (Å²) in [5.41, 5.74) is 0.576. The fourth-order valence-corrected chi connectivity index (χ4v) is 3.68. The molecule has 0 saturated heterocycles. The summed E-state index contributed by atoms with van der Waals surface area (Å²) in [7, 11) is 0. The zero-order chi connectivity index (χ0) is 9.31. The minimum atomic E-state index is 0.576. The molecule has 0 aromatic rings. The lowest BCUT2D eigenvalue weighted by atomic mass is 9.61. The molecule has 2 saturated carbocycles. The highest BCUT2D eigenvalue weighted by atomic mass is 14.5. The Labute approximate surface area is 82.1 Å². The summed E-state index contributed by atoms with van der Waals surface area (Å²) in [5.74, 6) is 4.45. The molecule has 72 valence electrons. The first-order valence-electron chi connectivity index (χ1n) is 5.75. The molecule has 0 radical (unpaired) electrons. The van der Waals surface area contributed by atoms with Crippen LogP contribution in [0.4, 0.5) is 0 Å². The van der Waals surface area contributed by atoms with Crippen LogP contribution in [0.1, 0.15) is 51.9 Å². The second-order valence-electron chi connectivity index (χ2n) is 5.08. The van der Waals surface area contributed by atoms with Gasteiger partial charge in [-0.15, -0.1) is 12.3 Å². The molecule has 0 heteroatoms. The van der Waals surface area contributed by atoms with Gasteiger partial charge in [-0.2, -0.15) is 0 Å². The van der Waals surface area contributed by atoms with Gasteiger partial charge in [0.05, 0.1) is 0 Å². The van der Waals surface area contributed by atoms with Gasteiger partial charge < -0.3 is 0 Å². The Morgan fingerprint density at radius 2 is 1.77 bits per heavy atom. The standard InChI is InChI=1S/C13H20/c1-3-12-11(2)7-6-10-13(12)8-4-5-9-13/h1,11-12H,4-10H2,2H3. The SMILES string of the molecule is C#CC1C(C)CCCC12CCCC2. The first-order chi connectivity index (χ1) is 6.28. The van der Waals surface area contributed by atoms with Crippen LogP contribution in [0.3, 0.4) is 0 Å². The molecule has 0 heterocycles. The van der Waals surface area contributed by atoms with Crippen molar-refractivity contribution in [2.24, 2.45) is 17.3 Å². The molecule has 2 unspecified atom stereocenters. The molecule has 0 bridgehead atoms. The molecule has 0 aromatic carbocycles. The summed E-state index contributed by atoms with van der Waals surface area (Å²) >= 11 is 0. The van der Waals surface area contributed by atoms with Crippen LogP contribution in [0.2, 0.25) is 0 Å². The van der Waals surface area contributed by atoms with Crippen molar-refractivity contribution in [3.8, 4) is 12.3 Å². The Balaban J connectivity index is 2.20. The van der Waals surface area contributed by atoms with E-state index in [1.807, 2.05) is 0 Å². The van der Waals surface area contributed by atoms with Gasteiger partial charge in [0.1, 0.15) is 0 Å². The molecule has 2 aliphatic rings. The maximum atomic E-state index is 5.70. The lowest BCUT2D eigenvalue weighted by Crippen LogP contribution is -2.35. The Morgan fingerprint density at radius 3 is 2.38 bits per heavy atom. The van der Waals surface area contributed by atoms with E-state index in [9.17, 15) is 0 Å². The molecule has 0 N–H and O–H groups in total. The highest BCUT2D eigenvalue weighted by Gasteiger charge is 2.44. The predicted octanol–water partition coefficient (Wildman–Crippen LogP) is 3.62. The lowest BCUT2D eigenvalue weighted by molar-refractivity contribution is 0.0964. The van der Waals surface area contributed by atoms with Crippen molar-refractivity contribution < 1.29 is 0 Å². The number of hydrogen-bond acceptors (Lipinski definition) is 0. The third kappa shape index (κ3) is 1.39. The van der Waals surface area contributed by atoms with E-state index in [2.05, 4.69) is 12.8 Å². The van der Waals surface area contributed by atoms with Gasteiger partial charge >= 0.3 is 0 Å². The summed E-state index contributed by atoms with van der Waals surface area (Å²) in [6, 6.07) is 0. The van der Waals surface area contributed by atoms with Crippen LogP contribution in [0.25, 0.3) is 0 Å². The van der Waals surface area contributed by atoms with Crippen molar-refractivity contribution in [3.63, 3.8) is 0 Å². The lowest BCUT2D eigenvalue weighted by Gasteiger charge is -2.42. The zero-order valence-corrected chi connectivity index (χ0v) is 8.68. The molecule has 2 fully saturated rings. The number of terminal acetylenes is 1. The molecule has 13 heavy (non-hydrogen) atoms. The Bertz CT molecular complexity index is 215. The van der Waals surface area contributed by atoms with Gasteiger partial charge in [0, 0.05) is 5.92 Å². The monoisotopic (exact) mass is 176 g/mol. The minimum absolute atomic E-state index is 0.576. The summed E-state index contributed by atoms with van der Waals surface area (Å²) in [6.45, 7) is 2.35.